The van der Waals surface area contributed by atoms with Crippen LogP contribution in [0, 0.1) is 29.6 Å². The molecule has 4 fully saturated rings. The van der Waals surface area contributed by atoms with Gasteiger partial charge >= 0.3 is 11.9 Å². The standard InChI is InChI=1S/C35H50O19/c1-4-15-16(6-5-14-10-47-14)18(11-48-32(15)53-34-28(42)26(40)24(38)21(8-36)51-34)31(45)50-20-7-17-19(30(44)46-3)12-49-33(23(17)13(20)2)54-35-29(43)27(41)25(39)22(9-37)52-35/h4,11-17,20-29,32-43H,1,5-10H2,2-3H3/t13-,14?,15+,16-,17+,20-,21+,22+,23+,24+,25+,26-,27-,28+,29+,32-,33-,34-,35-/m0/s1. The van der Waals surface area contributed by atoms with Crippen molar-refractivity contribution in [2.45, 2.75) is 112 Å². The van der Waals surface area contributed by atoms with Crippen molar-refractivity contribution in [3.8, 4) is 0 Å². The Bertz CT molecular complexity index is 1400. The highest BCUT2D eigenvalue weighted by atomic mass is 16.8. The number of esters is 2. The minimum Gasteiger partial charge on any atom is -0.472 e. The fourth-order valence-corrected chi connectivity index (χ4v) is 8.01. The molecule has 0 bridgehead atoms. The van der Waals surface area contributed by atoms with Gasteiger partial charge in [0.15, 0.2) is 12.6 Å². The third kappa shape index (κ3) is 8.06. The Kier molecular flexibility index (Phi) is 13.0. The summed E-state index contributed by atoms with van der Waals surface area (Å²) in [6, 6.07) is 0. The molecule has 3 saturated heterocycles. The van der Waals surface area contributed by atoms with Crippen LogP contribution in [0.3, 0.4) is 0 Å². The molecule has 6 aliphatic rings. The number of aliphatic hydroxyl groups excluding tert-OH is 8. The molecule has 6 rings (SSSR count). The number of carbonyl (C=O) groups is 2. The smallest absolute Gasteiger partial charge is 0.337 e. The van der Waals surface area contributed by atoms with Gasteiger partial charge in [0.1, 0.15) is 54.9 Å². The fourth-order valence-electron chi connectivity index (χ4n) is 8.01. The van der Waals surface area contributed by atoms with Gasteiger partial charge in [-0.2, -0.15) is 0 Å². The second-order valence-electron chi connectivity index (χ2n) is 14.5. The van der Waals surface area contributed by atoms with Gasteiger partial charge < -0.3 is 83.5 Å². The zero-order chi connectivity index (χ0) is 39.0. The van der Waals surface area contributed by atoms with E-state index in [1.165, 1.54) is 19.4 Å². The van der Waals surface area contributed by atoms with Gasteiger partial charge in [-0.15, -0.1) is 6.58 Å². The molecule has 54 heavy (non-hydrogen) atoms. The Balaban J connectivity index is 1.20. The summed E-state index contributed by atoms with van der Waals surface area (Å²) < 4.78 is 51.1. The number of aliphatic hydroxyl groups is 8. The quantitative estimate of drug-likeness (QED) is 0.0528. The monoisotopic (exact) mass is 774 g/mol. The lowest BCUT2D eigenvalue weighted by atomic mass is 9.80. The van der Waals surface area contributed by atoms with Gasteiger partial charge in [-0.3, -0.25) is 0 Å². The highest BCUT2D eigenvalue weighted by molar-refractivity contribution is 5.90. The minimum absolute atomic E-state index is 0.0115. The minimum atomic E-state index is -1.72. The maximum atomic E-state index is 14.1. The lowest BCUT2D eigenvalue weighted by molar-refractivity contribution is -0.342. The van der Waals surface area contributed by atoms with E-state index in [0.717, 1.165) is 6.26 Å². The zero-order valence-corrected chi connectivity index (χ0v) is 29.7. The predicted octanol–water partition coefficient (Wildman–Crippen LogP) is -2.95. The summed E-state index contributed by atoms with van der Waals surface area (Å²) in [7, 11) is 1.21. The van der Waals surface area contributed by atoms with Crippen LogP contribution in [0.1, 0.15) is 26.2 Å². The average Bonchev–Trinajstić information content (AvgIpc) is 3.95. The molecule has 5 heterocycles. The fraction of sp³-hybridized carbons (Fsp3) is 0.771. The van der Waals surface area contributed by atoms with E-state index in [1.807, 2.05) is 0 Å². The topological polar surface area (TPSA) is 282 Å². The first-order chi connectivity index (χ1) is 25.8. The molecule has 0 aromatic carbocycles. The van der Waals surface area contributed by atoms with Crippen molar-refractivity contribution in [1.29, 1.82) is 0 Å². The third-order valence-corrected chi connectivity index (χ3v) is 11.3. The Morgan fingerprint density at radius 1 is 0.796 bits per heavy atom. The zero-order valence-electron chi connectivity index (χ0n) is 29.7. The van der Waals surface area contributed by atoms with Gasteiger partial charge in [0.2, 0.25) is 12.6 Å². The van der Waals surface area contributed by atoms with Crippen molar-refractivity contribution in [3.63, 3.8) is 0 Å². The van der Waals surface area contributed by atoms with Gasteiger partial charge in [-0.1, -0.05) is 13.0 Å². The largest absolute Gasteiger partial charge is 0.472 e. The van der Waals surface area contributed by atoms with Gasteiger partial charge in [0.25, 0.3) is 0 Å². The van der Waals surface area contributed by atoms with Crippen molar-refractivity contribution in [2.75, 3.05) is 26.9 Å². The van der Waals surface area contributed by atoms with E-state index < -0.39 is 135 Å². The first-order valence-electron chi connectivity index (χ1n) is 18.0. The number of epoxide rings is 1. The molecule has 1 aliphatic carbocycles. The van der Waals surface area contributed by atoms with Crippen LogP contribution >= 0.6 is 0 Å². The van der Waals surface area contributed by atoms with E-state index in [4.69, 9.17) is 42.6 Å². The molecule has 0 radical (unpaired) electrons. The molecule has 19 atom stereocenters. The van der Waals surface area contributed by atoms with Crippen LogP contribution in [0.5, 0.6) is 0 Å². The normalized spacial score (nSPS) is 45.9. The summed E-state index contributed by atoms with van der Waals surface area (Å²) >= 11 is 0. The summed E-state index contributed by atoms with van der Waals surface area (Å²) in [6.45, 7) is 4.90. The van der Waals surface area contributed by atoms with E-state index >= 15 is 0 Å². The summed E-state index contributed by atoms with van der Waals surface area (Å²) in [5.41, 5.74) is 0.300. The highest BCUT2D eigenvalue weighted by Crippen LogP contribution is 2.49. The molecule has 0 aromatic heterocycles. The molecular formula is C35H50O19. The molecule has 304 valence electrons. The van der Waals surface area contributed by atoms with E-state index in [0.29, 0.717) is 19.4 Å². The second kappa shape index (κ2) is 17.2. The third-order valence-electron chi connectivity index (χ3n) is 11.3. The van der Waals surface area contributed by atoms with E-state index in [-0.39, 0.29) is 23.7 Å². The van der Waals surface area contributed by atoms with Crippen molar-refractivity contribution < 1.29 is 93.1 Å². The average molecular weight is 775 g/mol. The molecule has 0 spiro atoms. The number of ether oxygens (including phenoxy) is 9. The van der Waals surface area contributed by atoms with Gasteiger partial charge in [-0.25, -0.2) is 9.59 Å². The summed E-state index contributed by atoms with van der Waals surface area (Å²) in [5.74, 6) is -4.56. The van der Waals surface area contributed by atoms with Crippen LogP contribution in [-0.4, -0.2) is 166 Å². The maximum Gasteiger partial charge on any atom is 0.337 e. The van der Waals surface area contributed by atoms with E-state index in [9.17, 15) is 50.4 Å². The number of fused-ring (bicyclic) bond motifs is 1. The molecule has 0 amide bonds. The number of hydrogen-bond acceptors (Lipinski definition) is 19. The molecule has 5 aliphatic heterocycles. The van der Waals surface area contributed by atoms with Gasteiger partial charge in [0, 0.05) is 29.6 Å². The number of methoxy groups -OCH3 is 1. The first-order valence-corrected chi connectivity index (χ1v) is 18.0. The van der Waals surface area contributed by atoms with Crippen LogP contribution in [-0.2, 0) is 52.2 Å². The van der Waals surface area contributed by atoms with Crippen LogP contribution in [0.2, 0.25) is 0 Å². The molecule has 1 saturated carbocycles. The van der Waals surface area contributed by atoms with E-state index in [1.54, 1.807) is 6.92 Å². The maximum absolute atomic E-state index is 14.1. The Hall–Kier alpha value is -2.76. The molecule has 1 unspecified atom stereocenters. The summed E-state index contributed by atoms with van der Waals surface area (Å²) in [4.78, 5) is 26.9. The van der Waals surface area contributed by atoms with Gasteiger partial charge in [0.05, 0.1) is 56.7 Å². The SMILES string of the molecule is C=C[C@H]1[C@H](O[C@@H]2O[C@H](CO)[C@@H](O)[C@H](O)[C@H]2O)OC=C(C(=O)O[C@H]2C[C@@H]3C(C(=O)OC)=CO[C@@H](O[C@@H]4O[C@H](CO)[C@@H](O)[C@H](O)[C@H]4O)[C@@H]3[C@H]2C)[C@H]1CCC1CO1. The molecule has 8 N–H and O–H groups in total. The molecule has 19 heteroatoms. The van der Waals surface area contributed by atoms with Crippen LogP contribution in [0.15, 0.2) is 36.3 Å². The summed E-state index contributed by atoms with van der Waals surface area (Å²) in [5, 5.41) is 81.4. The highest BCUT2D eigenvalue weighted by Gasteiger charge is 2.55. The lowest BCUT2D eigenvalue weighted by Gasteiger charge is -2.43. The van der Waals surface area contributed by atoms with Crippen molar-refractivity contribution in [1.82, 2.24) is 0 Å². The predicted molar refractivity (Wildman–Crippen MR) is 174 cm³/mol. The lowest BCUT2D eigenvalue weighted by Crippen LogP contribution is -2.60. The van der Waals surface area contributed by atoms with Crippen LogP contribution < -0.4 is 0 Å². The van der Waals surface area contributed by atoms with Gasteiger partial charge in [-0.05, 0) is 19.3 Å². The Labute approximate surface area is 310 Å². The Morgan fingerprint density at radius 3 is 1.89 bits per heavy atom. The van der Waals surface area contributed by atoms with Crippen molar-refractivity contribution >= 4 is 11.9 Å². The first kappa shape index (κ1) is 40.9. The Morgan fingerprint density at radius 2 is 1.35 bits per heavy atom. The second-order valence-corrected chi connectivity index (χ2v) is 14.5. The number of hydrogen-bond donors (Lipinski definition) is 8. The number of carbonyl (C=O) groups excluding carboxylic acids is 2. The van der Waals surface area contributed by atoms with Crippen molar-refractivity contribution in [3.05, 3.63) is 36.3 Å². The van der Waals surface area contributed by atoms with Crippen LogP contribution in [0.25, 0.3) is 0 Å². The number of rotatable bonds is 13. The molecule has 0 aromatic rings. The van der Waals surface area contributed by atoms with E-state index in [2.05, 4.69) is 6.58 Å². The molecule has 19 nitrogen and oxygen atoms in total. The van der Waals surface area contributed by atoms with Crippen LogP contribution in [0.4, 0.5) is 0 Å². The van der Waals surface area contributed by atoms with Crippen molar-refractivity contribution in [2.24, 2.45) is 29.6 Å². The summed E-state index contributed by atoms with van der Waals surface area (Å²) in [6.07, 6.45) is -13.7. The molecular weight excluding hydrogens is 724 g/mol.